The molecule has 106 valence electrons. The predicted octanol–water partition coefficient (Wildman–Crippen LogP) is 2.81. The van der Waals surface area contributed by atoms with Crippen LogP contribution in [0.3, 0.4) is 0 Å². The second-order valence-corrected chi connectivity index (χ2v) is 5.72. The molecule has 0 aliphatic carbocycles. The highest BCUT2D eigenvalue weighted by molar-refractivity contribution is 6.18. The zero-order valence-corrected chi connectivity index (χ0v) is 12.4. The van der Waals surface area contributed by atoms with E-state index in [1.54, 1.807) is 17.0 Å². The van der Waals surface area contributed by atoms with Gasteiger partial charge in [-0.15, -0.1) is 11.6 Å². The maximum absolute atomic E-state index is 12.5. The third kappa shape index (κ3) is 3.11. The molecule has 1 saturated heterocycles. The maximum atomic E-state index is 12.5. The van der Waals surface area contributed by atoms with Gasteiger partial charge in [-0.05, 0) is 26.7 Å². The average Bonchev–Trinajstić information content (AvgIpc) is 2.63. The Morgan fingerprint density at radius 3 is 2.89 bits per heavy atom. The Morgan fingerprint density at radius 1 is 1.42 bits per heavy atom. The first-order chi connectivity index (χ1) is 9.15. The lowest BCUT2D eigenvalue weighted by molar-refractivity contribution is 0.560. The van der Waals surface area contributed by atoms with E-state index in [2.05, 4.69) is 9.88 Å². The van der Waals surface area contributed by atoms with Crippen molar-refractivity contribution in [2.45, 2.75) is 51.6 Å². The number of hydrogen-bond donors (Lipinski definition) is 0. The molecule has 0 spiro atoms. The molecule has 0 radical (unpaired) electrons. The minimum Gasteiger partial charge on any atom is -0.348 e. The highest BCUT2D eigenvalue weighted by Gasteiger charge is 2.24. The summed E-state index contributed by atoms with van der Waals surface area (Å²) in [6, 6.07) is 0.378. The van der Waals surface area contributed by atoms with Crippen LogP contribution in [-0.2, 0) is 0 Å². The lowest BCUT2D eigenvalue weighted by Gasteiger charge is -2.29. The van der Waals surface area contributed by atoms with Crippen LogP contribution in [0.4, 0.5) is 5.82 Å². The molecule has 1 unspecified atom stereocenters. The molecule has 1 aliphatic rings. The van der Waals surface area contributed by atoms with Crippen LogP contribution in [0.1, 0.15) is 45.6 Å². The maximum Gasteiger partial charge on any atom is 0.293 e. The summed E-state index contributed by atoms with van der Waals surface area (Å²) in [6.07, 6.45) is 8.00. The minimum atomic E-state index is -0.00508. The first-order valence-corrected chi connectivity index (χ1v) is 7.58. The minimum absolute atomic E-state index is 0.00508. The molecule has 1 aliphatic heterocycles. The molecule has 1 atom stereocenters. The molecule has 1 aromatic heterocycles. The number of aromatic nitrogens is 2. The van der Waals surface area contributed by atoms with Gasteiger partial charge in [0.25, 0.3) is 5.56 Å². The molecule has 0 bridgehead atoms. The quantitative estimate of drug-likeness (QED) is 0.801. The normalized spacial score (nSPS) is 20.6. The van der Waals surface area contributed by atoms with E-state index in [-0.39, 0.29) is 17.6 Å². The predicted molar refractivity (Wildman–Crippen MR) is 79.2 cm³/mol. The van der Waals surface area contributed by atoms with Gasteiger partial charge in [-0.25, -0.2) is 4.98 Å². The molecule has 0 N–H and O–H groups in total. The SMILES string of the molecule is CC(C)n1ccnc(N2CCCCCC2CCl)c1=O. The van der Waals surface area contributed by atoms with Gasteiger partial charge in [0, 0.05) is 36.9 Å². The van der Waals surface area contributed by atoms with Crippen LogP contribution in [-0.4, -0.2) is 28.0 Å². The van der Waals surface area contributed by atoms with E-state index in [0.29, 0.717) is 11.7 Å². The van der Waals surface area contributed by atoms with Crippen molar-refractivity contribution in [3.05, 3.63) is 22.7 Å². The highest BCUT2D eigenvalue weighted by atomic mass is 35.5. The Balaban J connectivity index is 2.38. The van der Waals surface area contributed by atoms with Crippen molar-refractivity contribution in [2.24, 2.45) is 0 Å². The van der Waals surface area contributed by atoms with E-state index in [4.69, 9.17) is 11.6 Å². The fourth-order valence-electron chi connectivity index (χ4n) is 2.63. The zero-order chi connectivity index (χ0) is 13.8. The van der Waals surface area contributed by atoms with Crippen molar-refractivity contribution in [3.8, 4) is 0 Å². The van der Waals surface area contributed by atoms with Crippen LogP contribution in [0.5, 0.6) is 0 Å². The van der Waals surface area contributed by atoms with Crippen LogP contribution in [0.25, 0.3) is 0 Å². The summed E-state index contributed by atoms with van der Waals surface area (Å²) in [4.78, 5) is 18.9. The van der Waals surface area contributed by atoms with Crippen molar-refractivity contribution < 1.29 is 0 Å². The molecule has 4 nitrogen and oxygen atoms in total. The molecular weight excluding hydrogens is 262 g/mol. The van der Waals surface area contributed by atoms with Crippen molar-refractivity contribution in [1.29, 1.82) is 0 Å². The van der Waals surface area contributed by atoms with Crippen molar-refractivity contribution in [2.75, 3.05) is 17.3 Å². The Morgan fingerprint density at radius 2 is 2.21 bits per heavy atom. The molecule has 0 aromatic carbocycles. The Labute approximate surface area is 119 Å². The Hall–Kier alpha value is -1.03. The lowest BCUT2D eigenvalue weighted by Crippen LogP contribution is -2.41. The monoisotopic (exact) mass is 283 g/mol. The third-order valence-corrected chi connectivity index (χ3v) is 4.09. The van der Waals surface area contributed by atoms with Gasteiger partial charge >= 0.3 is 0 Å². The molecule has 2 rings (SSSR count). The summed E-state index contributed by atoms with van der Waals surface area (Å²) in [5, 5.41) is 0. The first kappa shape index (κ1) is 14.4. The standard InChI is InChI=1S/C14H22ClN3O/c1-11(2)17-9-7-16-13(14(17)19)18-8-5-3-4-6-12(18)10-15/h7,9,11-12H,3-6,8,10H2,1-2H3. The molecule has 0 saturated carbocycles. The second kappa shape index (κ2) is 6.42. The smallest absolute Gasteiger partial charge is 0.293 e. The van der Waals surface area contributed by atoms with Gasteiger partial charge in [-0.3, -0.25) is 4.79 Å². The van der Waals surface area contributed by atoms with Gasteiger partial charge in [0.2, 0.25) is 0 Å². The molecule has 1 aromatic rings. The third-order valence-electron chi connectivity index (χ3n) is 3.73. The molecule has 0 amide bonds. The summed E-state index contributed by atoms with van der Waals surface area (Å²) < 4.78 is 1.73. The van der Waals surface area contributed by atoms with Gasteiger partial charge in [0.15, 0.2) is 5.82 Å². The van der Waals surface area contributed by atoms with E-state index in [1.807, 2.05) is 13.8 Å². The summed E-state index contributed by atoms with van der Waals surface area (Å²) in [7, 11) is 0. The molecule has 2 heterocycles. The number of anilines is 1. The lowest BCUT2D eigenvalue weighted by atomic mass is 10.1. The Kier molecular flexibility index (Phi) is 4.86. The summed E-state index contributed by atoms with van der Waals surface area (Å²) in [5.74, 6) is 1.11. The summed E-state index contributed by atoms with van der Waals surface area (Å²) >= 11 is 6.07. The van der Waals surface area contributed by atoms with Gasteiger partial charge in [0.1, 0.15) is 0 Å². The number of halogens is 1. The molecule has 1 fully saturated rings. The van der Waals surface area contributed by atoms with E-state index in [0.717, 1.165) is 19.4 Å². The number of hydrogen-bond acceptors (Lipinski definition) is 3. The number of alkyl halides is 1. The van der Waals surface area contributed by atoms with E-state index in [1.165, 1.54) is 12.8 Å². The van der Waals surface area contributed by atoms with Crippen molar-refractivity contribution >= 4 is 17.4 Å². The van der Waals surface area contributed by atoms with E-state index >= 15 is 0 Å². The van der Waals surface area contributed by atoms with Gasteiger partial charge < -0.3 is 9.47 Å². The largest absolute Gasteiger partial charge is 0.348 e. The molecule has 19 heavy (non-hydrogen) atoms. The van der Waals surface area contributed by atoms with Crippen LogP contribution in [0.15, 0.2) is 17.2 Å². The van der Waals surface area contributed by atoms with E-state index in [9.17, 15) is 4.79 Å². The summed E-state index contributed by atoms with van der Waals surface area (Å²) in [6.45, 7) is 4.89. The highest BCUT2D eigenvalue weighted by Crippen LogP contribution is 2.21. The molecular formula is C14H22ClN3O. The van der Waals surface area contributed by atoms with Gasteiger partial charge in [0.05, 0.1) is 0 Å². The van der Waals surface area contributed by atoms with Crippen LogP contribution < -0.4 is 10.5 Å². The number of rotatable bonds is 3. The van der Waals surface area contributed by atoms with Gasteiger partial charge in [-0.2, -0.15) is 0 Å². The average molecular weight is 284 g/mol. The fraction of sp³-hybridized carbons (Fsp3) is 0.714. The van der Waals surface area contributed by atoms with Crippen LogP contribution in [0.2, 0.25) is 0 Å². The van der Waals surface area contributed by atoms with E-state index < -0.39 is 0 Å². The second-order valence-electron chi connectivity index (χ2n) is 5.41. The zero-order valence-electron chi connectivity index (χ0n) is 11.7. The first-order valence-electron chi connectivity index (χ1n) is 7.05. The van der Waals surface area contributed by atoms with Crippen LogP contribution >= 0.6 is 11.6 Å². The topological polar surface area (TPSA) is 38.1 Å². The van der Waals surface area contributed by atoms with Crippen molar-refractivity contribution in [1.82, 2.24) is 9.55 Å². The van der Waals surface area contributed by atoms with Crippen LogP contribution in [0, 0.1) is 0 Å². The fourth-order valence-corrected chi connectivity index (χ4v) is 2.96. The number of nitrogens with zero attached hydrogens (tertiary/aromatic N) is 3. The van der Waals surface area contributed by atoms with Crippen molar-refractivity contribution in [3.63, 3.8) is 0 Å². The molecule has 5 heteroatoms. The van der Waals surface area contributed by atoms with Gasteiger partial charge in [-0.1, -0.05) is 12.8 Å². The Bertz CT molecular complexity index is 472. The summed E-state index contributed by atoms with van der Waals surface area (Å²) in [5.41, 5.74) is -0.00508.